The topological polar surface area (TPSA) is 98.9 Å². The Hall–Kier alpha value is -4.40. The highest BCUT2D eigenvalue weighted by molar-refractivity contribution is 5.91. The second kappa shape index (κ2) is 9.62. The van der Waals surface area contributed by atoms with Gasteiger partial charge in [0.05, 0.1) is 11.7 Å². The average molecular weight is 459 g/mol. The van der Waals surface area contributed by atoms with Crippen LogP contribution in [-0.2, 0) is 6.54 Å². The number of carbonyl (C=O) groups is 1. The number of nitrogens with one attached hydrogen (secondary N) is 1. The van der Waals surface area contributed by atoms with E-state index in [1.165, 1.54) is 12.1 Å². The van der Waals surface area contributed by atoms with E-state index < -0.39 is 34.7 Å². The lowest BCUT2D eigenvalue weighted by atomic mass is 10.1. The molecule has 1 amide bonds. The first-order chi connectivity index (χ1) is 16.4. The van der Waals surface area contributed by atoms with Crippen LogP contribution < -0.4 is 16.6 Å². The van der Waals surface area contributed by atoms with Gasteiger partial charge in [-0.05, 0) is 42.7 Å². The number of aromatic nitrogens is 4. The van der Waals surface area contributed by atoms with E-state index >= 15 is 0 Å². The van der Waals surface area contributed by atoms with Gasteiger partial charge in [-0.25, -0.2) is 13.8 Å². The second-order valence-electron chi connectivity index (χ2n) is 7.78. The Morgan fingerprint density at radius 3 is 2.53 bits per heavy atom. The van der Waals surface area contributed by atoms with E-state index in [0.29, 0.717) is 11.1 Å². The molecule has 0 aliphatic carbocycles. The molecule has 0 fully saturated rings. The van der Waals surface area contributed by atoms with Gasteiger partial charge in [-0.1, -0.05) is 42.5 Å². The highest BCUT2D eigenvalue weighted by Crippen LogP contribution is 2.15. The minimum Gasteiger partial charge on any atom is -0.346 e. The lowest BCUT2D eigenvalue weighted by Gasteiger charge is -2.18. The second-order valence-corrected chi connectivity index (χ2v) is 7.78. The lowest BCUT2D eigenvalue weighted by Crippen LogP contribution is -2.47. The molecule has 34 heavy (non-hydrogen) atoms. The molecule has 172 valence electrons. The first kappa shape index (κ1) is 22.8. The van der Waals surface area contributed by atoms with Crippen molar-refractivity contribution in [2.24, 2.45) is 0 Å². The van der Waals surface area contributed by atoms with E-state index in [2.05, 4.69) is 15.4 Å². The first-order valence-corrected chi connectivity index (χ1v) is 10.6. The molecule has 2 aromatic heterocycles. The van der Waals surface area contributed by atoms with Crippen molar-refractivity contribution in [2.75, 3.05) is 0 Å². The Bertz CT molecular complexity index is 1450. The van der Waals surface area contributed by atoms with Crippen LogP contribution in [-0.4, -0.2) is 25.2 Å². The van der Waals surface area contributed by atoms with Crippen molar-refractivity contribution in [3.63, 3.8) is 0 Å². The lowest BCUT2D eigenvalue weighted by molar-refractivity contribution is 0.0941. The fraction of sp³-hybridized carbons (Fsp3) is 0.160. The van der Waals surface area contributed by atoms with Gasteiger partial charge in [-0.15, -0.1) is 0 Å². The van der Waals surface area contributed by atoms with Crippen molar-refractivity contribution >= 4 is 5.91 Å². The Balaban J connectivity index is 1.85. The van der Waals surface area contributed by atoms with Gasteiger partial charge in [-0.3, -0.25) is 14.6 Å². The summed E-state index contributed by atoms with van der Waals surface area (Å²) in [5.41, 5.74) is -0.200. The number of nitrogens with zero attached hydrogens (tertiary/aromatic N) is 4. The van der Waals surface area contributed by atoms with Crippen LogP contribution in [0.3, 0.4) is 0 Å². The number of pyridine rings is 1. The molecule has 4 rings (SSSR count). The Morgan fingerprint density at radius 1 is 1.09 bits per heavy atom. The molecule has 1 atom stereocenters. The summed E-state index contributed by atoms with van der Waals surface area (Å²) in [6, 6.07) is 15.9. The number of amides is 1. The zero-order valence-electron chi connectivity index (χ0n) is 18.6. The van der Waals surface area contributed by atoms with Crippen LogP contribution in [0.1, 0.15) is 40.1 Å². The van der Waals surface area contributed by atoms with Crippen LogP contribution in [0.25, 0.3) is 5.69 Å². The van der Waals surface area contributed by atoms with Gasteiger partial charge < -0.3 is 5.32 Å². The molecule has 0 saturated carbocycles. The Kier molecular flexibility index (Phi) is 6.44. The zero-order valence-corrected chi connectivity index (χ0v) is 18.6. The van der Waals surface area contributed by atoms with Gasteiger partial charge in [0.25, 0.3) is 11.5 Å². The number of aryl methyl sites for hydroxylation is 1. The van der Waals surface area contributed by atoms with E-state index in [9.17, 15) is 18.8 Å². The number of hydrogen-bond acceptors (Lipinski definition) is 5. The Morgan fingerprint density at radius 2 is 1.85 bits per heavy atom. The highest BCUT2D eigenvalue weighted by atomic mass is 19.1. The number of halogens is 1. The zero-order chi connectivity index (χ0) is 24.2. The monoisotopic (exact) mass is 459 g/mol. The molecular formula is C25H22FN5O3. The van der Waals surface area contributed by atoms with Gasteiger partial charge in [0.1, 0.15) is 5.82 Å². The van der Waals surface area contributed by atoms with Crippen molar-refractivity contribution in [3.05, 3.63) is 122 Å². The van der Waals surface area contributed by atoms with E-state index in [1.807, 2.05) is 6.07 Å². The molecule has 0 aliphatic rings. The molecule has 0 saturated heterocycles. The normalized spacial score (nSPS) is 11.7. The third-order valence-electron chi connectivity index (χ3n) is 5.47. The number of rotatable bonds is 6. The molecule has 0 spiro atoms. The summed E-state index contributed by atoms with van der Waals surface area (Å²) in [6.45, 7) is 3.38. The summed E-state index contributed by atoms with van der Waals surface area (Å²) < 4.78 is 16.1. The summed E-state index contributed by atoms with van der Waals surface area (Å²) in [5, 5.41) is 6.67. The highest BCUT2D eigenvalue weighted by Gasteiger charge is 2.24. The smallest absolute Gasteiger partial charge is 0.346 e. The maximum absolute atomic E-state index is 14.3. The molecule has 0 aliphatic heterocycles. The predicted molar refractivity (Wildman–Crippen MR) is 124 cm³/mol. The fourth-order valence-electron chi connectivity index (χ4n) is 3.50. The standard InChI is InChI=1S/C25H22FN5O3/c1-16-10-11-20(13-21(16)26)31-25(34)30(17(2)19-8-4-3-5-9-19)24(33)22(29-31)23(32)28-15-18-7-6-12-27-14-18/h3-14,17H,15H2,1-2H3,(H,28,32). The molecule has 0 bridgehead atoms. The minimum atomic E-state index is -0.839. The summed E-state index contributed by atoms with van der Waals surface area (Å²) in [7, 11) is 0. The summed E-state index contributed by atoms with van der Waals surface area (Å²) in [5.74, 6) is -1.30. The van der Waals surface area contributed by atoms with Crippen molar-refractivity contribution < 1.29 is 9.18 Å². The van der Waals surface area contributed by atoms with Crippen LogP contribution in [0.2, 0.25) is 0 Å². The fourth-order valence-corrected chi connectivity index (χ4v) is 3.50. The van der Waals surface area contributed by atoms with Crippen molar-refractivity contribution in [2.45, 2.75) is 26.4 Å². The molecule has 9 heteroatoms. The molecule has 1 unspecified atom stereocenters. The number of hydrogen-bond donors (Lipinski definition) is 1. The van der Waals surface area contributed by atoms with Gasteiger partial charge in [0.2, 0.25) is 5.69 Å². The maximum Gasteiger partial charge on any atom is 0.352 e. The van der Waals surface area contributed by atoms with Crippen LogP contribution in [0.15, 0.2) is 82.6 Å². The van der Waals surface area contributed by atoms with E-state index in [-0.39, 0.29) is 12.2 Å². The maximum atomic E-state index is 14.3. The third-order valence-corrected chi connectivity index (χ3v) is 5.47. The summed E-state index contributed by atoms with van der Waals surface area (Å²) >= 11 is 0. The van der Waals surface area contributed by atoms with Crippen LogP contribution in [0.4, 0.5) is 4.39 Å². The van der Waals surface area contributed by atoms with Crippen LogP contribution in [0.5, 0.6) is 0 Å². The van der Waals surface area contributed by atoms with Crippen molar-refractivity contribution in [1.82, 2.24) is 24.6 Å². The number of benzene rings is 2. The van der Waals surface area contributed by atoms with Crippen LogP contribution >= 0.6 is 0 Å². The summed E-state index contributed by atoms with van der Waals surface area (Å²) in [6.07, 6.45) is 3.19. The largest absolute Gasteiger partial charge is 0.352 e. The minimum absolute atomic E-state index is 0.100. The third kappa shape index (κ3) is 4.54. The van der Waals surface area contributed by atoms with Gasteiger partial charge >= 0.3 is 5.69 Å². The average Bonchev–Trinajstić information content (AvgIpc) is 2.85. The molecule has 2 heterocycles. The molecule has 2 aromatic carbocycles. The van der Waals surface area contributed by atoms with Gasteiger partial charge in [-0.2, -0.15) is 9.78 Å². The van der Waals surface area contributed by atoms with E-state index in [1.54, 1.807) is 62.6 Å². The molecular weight excluding hydrogens is 437 g/mol. The summed E-state index contributed by atoms with van der Waals surface area (Å²) in [4.78, 5) is 43.6. The molecule has 8 nitrogen and oxygen atoms in total. The Labute approximate surface area is 194 Å². The SMILES string of the molecule is Cc1ccc(-n2nc(C(=O)NCc3cccnc3)c(=O)n(C(C)c3ccccc3)c2=O)cc1F. The molecule has 1 N–H and O–H groups in total. The van der Waals surface area contributed by atoms with E-state index in [4.69, 9.17) is 0 Å². The first-order valence-electron chi connectivity index (χ1n) is 10.6. The molecule has 0 radical (unpaired) electrons. The van der Waals surface area contributed by atoms with Crippen molar-refractivity contribution in [1.29, 1.82) is 0 Å². The number of carbonyl (C=O) groups excluding carboxylic acids is 1. The molecule has 4 aromatic rings. The van der Waals surface area contributed by atoms with Crippen molar-refractivity contribution in [3.8, 4) is 5.69 Å². The predicted octanol–water partition coefficient (Wildman–Crippen LogP) is 2.78. The quantitative estimate of drug-likeness (QED) is 0.478. The van der Waals surface area contributed by atoms with Gasteiger partial charge in [0, 0.05) is 25.0 Å². The van der Waals surface area contributed by atoms with Gasteiger partial charge in [0.15, 0.2) is 0 Å². The van der Waals surface area contributed by atoms with Crippen LogP contribution in [0, 0.1) is 12.7 Å². The van der Waals surface area contributed by atoms with E-state index in [0.717, 1.165) is 20.9 Å².